The van der Waals surface area contributed by atoms with E-state index in [4.69, 9.17) is 25.8 Å². The topological polar surface area (TPSA) is 62.6 Å². The van der Waals surface area contributed by atoms with Gasteiger partial charge < -0.3 is 18.8 Å². The molecular weight excluding hydrogens is 404 g/mol. The minimum atomic E-state index is -0.469. The van der Waals surface area contributed by atoms with Crippen LogP contribution < -0.4 is 9.47 Å². The monoisotopic (exact) mass is 426 g/mol. The molecule has 1 aromatic heterocycles. The van der Waals surface area contributed by atoms with Gasteiger partial charge in [-0.1, -0.05) is 41.9 Å². The van der Waals surface area contributed by atoms with Crippen molar-refractivity contribution >= 4 is 29.2 Å². The maximum Gasteiger partial charge on any atom is 0.341 e. The van der Waals surface area contributed by atoms with E-state index in [9.17, 15) is 4.79 Å². The van der Waals surface area contributed by atoms with Crippen molar-refractivity contribution in [2.45, 2.75) is 13.5 Å². The Morgan fingerprint density at radius 3 is 2.60 bits per heavy atom. The molecule has 0 saturated heterocycles. The second kappa shape index (κ2) is 9.98. The normalized spacial score (nSPS) is 11.3. The smallest absolute Gasteiger partial charge is 0.341 e. The number of ether oxygens (including phenoxy) is 3. The quantitative estimate of drug-likeness (QED) is 0.385. The number of methoxy groups -OCH3 is 2. The molecule has 7 heteroatoms. The average molecular weight is 427 g/mol. The lowest BCUT2D eigenvalue weighted by atomic mass is 10.1. The zero-order valence-corrected chi connectivity index (χ0v) is 17.8. The Hall–Kier alpha value is -3.25. The van der Waals surface area contributed by atoms with E-state index in [1.807, 2.05) is 41.1 Å². The SMILES string of the molecule is CCOC(=O)/C(=C\c1cc(Cl)c(OC)c(OC)c1)c1nccn1Cc1ccccc1. The summed E-state index contributed by atoms with van der Waals surface area (Å²) in [7, 11) is 3.05. The van der Waals surface area contributed by atoms with Crippen LogP contribution in [0.2, 0.25) is 5.02 Å². The molecule has 0 amide bonds. The summed E-state index contributed by atoms with van der Waals surface area (Å²) in [5, 5.41) is 0.374. The summed E-state index contributed by atoms with van der Waals surface area (Å²) < 4.78 is 17.8. The van der Waals surface area contributed by atoms with Crippen molar-refractivity contribution in [3.8, 4) is 11.5 Å². The molecule has 0 unspecified atom stereocenters. The molecule has 3 aromatic rings. The molecule has 2 aromatic carbocycles. The number of aromatic nitrogens is 2. The van der Waals surface area contributed by atoms with Gasteiger partial charge in [0.1, 0.15) is 11.4 Å². The number of benzene rings is 2. The molecule has 0 atom stereocenters. The van der Waals surface area contributed by atoms with Gasteiger partial charge in [-0.3, -0.25) is 0 Å². The summed E-state index contributed by atoms with van der Waals surface area (Å²) in [6.45, 7) is 2.58. The van der Waals surface area contributed by atoms with Gasteiger partial charge in [-0.05, 0) is 36.3 Å². The third-order valence-corrected chi connectivity index (χ3v) is 4.70. The fraction of sp³-hybridized carbons (Fsp3) is 0.217. The number of hydrogen-bond acceptors (Lipinski definition) is 5. The van der Waals surface area contributed by atoms with Crippen LogP contribution in [0, 0.1) is 0 Å². The van der Waals surface area contributed by atoms with Gasteiger partial charge in [0.2, 0.25) is 0 Å². The molecule has 6 nitrogen and oxygen atoms in total. The number of rotatable bonds is 8. The molecule has 0 fully saturated rings. The molecule has 0 N–H and O–H groups in total. The minimum absolute atomic E-state index is 0.252. The number of halogens is 1. The first kappa shape index (κ1) is 21.5. The highest BCUT2D eigenvalue weighted by Crippen LogP contribution is 2.37. The van der Waals surface area contributed by atoms with Crippen molar-refractivity contribution in [2.24, 2.45) is 0 Å². The molecule has 3 rings (SSSR count). The van der Waals surface area contributed by atoms with Crippen LogP contribution in [0.1, 0.15) is 23.9 Å². The third kappa shape index (κ3) is 4.83. The molecule has 0 aliphatic heterocycles. The number of nitrogens with zero attached hydrogens (tertiary/aromatic N) is 2. The zero-order chi connectivity index (χ0) is 21.5. The van der Waals surface area contributed by atoms with E-state index < -0.39 is 5.97 Å². The van der Waals surface area contributed by atoms with Crippen molar-refractivity contribution < 1.29 is 19.0 Å². The lowest BCUT2D eigenvalue weighted by Crippen LogP contribution is -2.12. The summed E-state index contributed by atoms with van der Waals surface area (Å²) in [6.07, 6.45) is 5.18. The average Bonchev–Trinajstić information content (AvgIpc) is 3.20. The van der Waals surface area contributed by atoms with E-state index in [0.29, 0.717) is 40.0 Å². The van der Waals surface area contributed by atoms with Crippen LogP contribution in [-0.4, -0.2) is 36.3 Å². The van der Waals surface area contributed by atoms with Gasteiger partial charge in [-0.2, -0.15) is 0 Å². The molecule has 0 saturated carbocycles. The summed E-state index contributed by atoms with van der Waals surface area (Å²) in [5.74, 6) is 0.929. The van der Waals surface area contributed by atoms with Gasteiger partial charge in [0.15, 0.2) is 11.5 Å². The second-order valence-electron chi connectivity index (χ2n) is 6.38. The van der Waals surface area contributed by atoms with Crippen molar-refractivity contribution in [2.75, 3.05) is 20.8 Å². The Kier molecular flexibility index (Phi) is 7.14. The van der Waals surface area contributed by atoms with Gasteiger partial charge in [0.25, 0.3) is 0 Å². The van der Waals surface area contributed by atoms with Crippen molar-refractivity contribution in [3.63, 3.8) is 0 Å². The van der Waals surface area contributed by atoms with Crippen molar-refractivity contribution in [1.82, 2.24) is 9.55 Å². The summed E-state index contributed by atoms with van der Waals surface area (Å²) >= 11 is 6.33. The second-order valence-corrected chi connectivity index (χ2v) is 6.79. The Balaban J connectivity index is 2.07. The zero-order valence-electron chi connectivity index (χ0n) is 17.1. The van der Waals surface area contributed by atoms with Crippen LogP contribution in [0.25, 0.3) is 11.6 Å². The van der Waals surface area contributed by atoms with E-state index in [1.54, 1.807) is 31.3 Å². The molecule has 0 radical (unpaired) electrons. The maximum absolute atomic E-state index is 12.8. The number of carbonyl (C=O) groups is 1. The van der Waals surface area contributed by atoms with Crippen LogP contribution >= 0.6 is 11.6 Å². The molecule has 0 bridgehead atoms. The van der Waals surface area contributed by atoms with Gasteiger partial charge in [-0.25, -0.2) is 9.78 Å². The summed E-state index contributed by atoms with van der Waals surface area (Å²) in [5.41, 5.74) is 2.07. The summed E-state index contributed by atoms with van der Waals surface area (Å²) in [4.78, 5) is 17.2. The number of carbonyl (C=O) groups excluding carboxylic acids is 1. The maximum atomic E-state index is 12.8. The molecule has 1 heterocycles. The number of esters is 1. The van der Waals surface area contributed by atoms with E-state index >= 15 is 0 Å². The fourth-order valence-electron chi connectivity index (χ4n) is 3.07. The Labute approximate surface area is 180 Å². The van der Waals surface area contributed by atoms with Crippen molar-refractivity contribution in [1.29, 1.82) is 0 Å². The number of imidazole rings is 1. The lowest BCUT2D eigenvalue weighted by molar-refractivity contribution is -0.136. The highest BCUT2D eigenvalue weighted by molar-refractivity contribution is 6.32. The molecule has 156 valence electrons. The van der Waals surface area contributed by atoms with E-state index in [1.165, 1.54) is 14.2 Å². The largest absolute Gasteiger partial charge is 0.493 e. The Bertz CT molecular complexity index is 1040. The lowest BCUT2D eigenvalue weighted by Gasteiger charge is -2.13. The first-order valence-electron chi connectivity index (χ1n) is 9.43. The minimum Gasteiger partial charge on any atom is -0.493 e. The molecule has 0 aliphatic rings. The van der Waals surface area contributed by atoms with E-state index in [2.05, 4.69) is 4.98 Å². The highest BCUT2D eigenvalue weighted by atomic mass is 35.5. The third-order valence-electron chi connectivity index (χ3n) is 4.41. The van der Waals surface area contributed by atoms with Crippen LogP contribution in [0.5, 0.6) is 11.5 Å². The first-order chi connectivity index (χ1) is 14.6. The van der Waals surface area contributed by atoms with Crippen LogP contribution in [0.4, 0.5) is 0 Å². The summed E-state index contributed by atoms with van der Waals surface area (Å²) in [6, 6.07) is 13.4. The standard InChI is InChI=1S/C23H23ClN2O4/c1-4-30-23(27)18(12-17-13-19(24)21(29-3)20(14-17)28-2)22-25-10-11-26(22)15-16-8-6-5-7-9-16/h5-14H,4,15H2,1-3H3/b18-12-. The first-order valence-corrected chi connectivity index (χ1v) is 9.81. The molecule has 0 spiro atoms. The van der Waals surface area contributed by atoms with E-state index in [-0.39, 0.29) is 6.61 Å². The van der Waals surface area contributed by atoms with E-state index in [0.717, 1.165) is 5.56 Å². The van der Waals surface area contributed by atoms with Gasteiger partial charge in [0.05, 0.1) is 25.8 Å². The molecule has 0 aliphatic carbocycles. The molecule has 30 heavy (non-hydrogen) atoms. The van der Waals surface area contributed by atoms with Crippen LogP contribution in [0.15, 0.2) is 54.9 Å². The predicted molar refractivity (Wildman–Crippen MR) is 117 cm³/mol. The molecular formula is C23H23ClN2O4. The van der Waals surface area contributed by atoms with Crippen LogP contribution in [-0.2, 0) is 16.1 Å². The van der Waals surface area contributed by atoms with Gasteiger partial charge in [0, 0.05) is 18.9 Å². The highest BCUT2D eigenvalue weighted by Gasteiger charge is 2.20. The Morgan fingerprint density at radius 1 is 1.17 bits per heavy atom. The number of hydrogen-bond donors (Lipinski definition) is 0. The Morgan fingerprint density at radius 2 is 1.93 bits per heavy atom. The van der Waals surface area contributed by atoms with Crippen LogP contribution in [0.3, 0.4) is 0 Å². The predicted octanol–water partition coefficient (Wildman–Crippen LogP) is 4.71. The van der Waals surface area contributed by atoms with Gasteiger partial charge in [-0.15, -0.1) is 0 Å². The van der Waals surface area contributed by atoms with Crippen molar-refractivity contribution in [3.05, 3.63) is 76.8 Å². The van der Waals surface area contributed by atoms with Gasteiger partial charge >= 0.3 is 5.97 Å². The fourth-order valence-corrected chi connectivity index (χ4v) is 3.37.